The molecule has 1 fully saturated rings. The summed E-state index contributed by atoms with van der Waals surface area (Å²) in [5.74, 6) is 0.963. The number of rotatable bonds is 3. The van der Waals surface area contributed by atoms with E-state index >= 15 is 0 Å². The number of ether oxygens (including phenoxy) is 1. The first-order valence-corrected chi connectivity index (χ1v) is 7.93. The maximum atomic E-state index is 11.1. The van der Waals surface area contributed by atoms with Crippen LogP contribution in [0.3, 0.4) is 0 Å². The molecule has 3 heteroatoms. The molecule has 2 aliphatic heterocycles. The first kappa shape index (κ1) is 13.9. The van der Waals surface area contributed by atoms with Gasteiger partial charge >= 0.3 is 0 Å². The summed E-state index contributed by atoms with van der Waals surface area (Å²) in [5, 5.41) is 11.1. The van der Waals surface area contributed by atoms with E-state index in [-0.39, 0.29) is 0 Å². The Bertz CT molecular complexity index is 464. The van der Waals surface area contributed by atoms with E-state index in [0.29, 0.717) is 0 Å². The number of likely N-dealkylation sites (tertiary alicyclic amines) is 1. The average molecular weight is 275 g/mol. The molecule has 1 saturated heterocycles. The van der Waals surface area contributed by atoms with Gasteiger partial charge < -0.3 is 14.7 Å². The van der Waals surface area contributed by atoms with E-state index in [1.54, 1.807) is 0 Å². The van der Waals surface area contributed by atoms with E-state index in [1.165, 1.54) is 12.0 Å². The first-order valence-electron chi connectivity index (χ1n) is 7.93. The molecule has 0 radical (unpaired) electrons. The minimum atomic E-state index is -0.701. The molecule has 1 aromatic carbocycles. The van der Waals surface area contributed by atoms with Crippen LogP contribution < -0.4 is 4.74 Å². The fourth-order valence-electron chi connectivity index (χ4n) is 3.49. The third-order valence-corrected chi connectivity index (χ3v) is 4.66. The zero-order chi connectivity index (χ0) is 14.0. The fourth-order valence-corrected chi connectivity index (χ4v) is 3.49. The van der Waals surface area contributed by atoms with Crippen LogP contribution in [0.5, 0.6) is 5.75 Å². The lowest BCUT2D eigenvalue weighted by atomic mass is 9.82. The summed E-state index contributed by atoms with van der Waals surface area (Å²) in [6.07, 6.45) is 4.96. The lowest BCUT2D eigenvalue weighted by Crippen LogP contribution is -2.43. The fraction of sp³-hybridized carbons (Fsp3) is 0.647. The maximum absolute atomic E-state index is 11.1. The molecule has 20 heavy (non-hydrogen) atoms. The van der Waals surface area contributed by atoms with Crippen LogP contribution in [0.4, 0.5) is 0 Å². The molecule has 2 heterocycles. The first-order chi connectivity index (χ1) is 9.73. The van der Waals surface area contributed by atoms with Gasteiger partial charge in [-0.15, -0.1) is 0 Å². The average Bonchev–Trinajstić information content (AvgIpc) is 2.49. The van der Waals surface area contributed by atoms with Crippen LogP contribution in [0.2, 0.25) is 0 Å². The third kappa shape index (κ3) is 2.57. The minimum absolute atomic E-state index is 0.701. The summed E-state index contributed by atoms with van der Waals surface area (Å²) in [5.41, 5.74) is 1.58. The maximum Gasteiger partial charge on any atom is 0.128 e. The Morgan fingerprint density at radius 3 is 2.85 bits per heavy atom. The number of nitrogens with zero attached hydrogens (tertiary/aromatic N) is 1. The number of hydrogen-bond acceptors (Lipinski definition) is 3. The Morgan fingerprint density at radius 1 is 1.30 bits per heavy atom. The normalized spacial score (nSPS) is 22.1. The number of aliphatic hydroxyl groups is 1. The number of piperidine rings is 1. The van der Waals surface area contributed by atoms with Crippen LogP contribution in [0.1, 0.15) is 43.7 Å². The van der Waals surface area contributed by atoms with Gasteiger partial charge in [0.25, 0.3) is 0 Å². The highest BCUT2D eigenvalue weighted by Crippen LogP contribution is 2.41. The molecule has 1 aromatic rings. The molecule has 2 aliphatic rings. The number of hydrogen-bond donors (Lipinski definition) is 1. The van der Waals surface area contributed by atoms with Gasteiger partial charge in [0.15, 0.2) is 0 Å². The topological polar surface area (TPSA) is 32.7 Å². The Hall–Kier alpha value is -1.06. The molecule has 3 rings (SSSR count). The van der Waals surface area contributed by atoms with E-state index in [0.717, 1.165) is 63.2 Å². The second-order valence-electron chi connectivity index (χ2n) is 6.12. The van der Waals surface area contributed by atoms with Crippen LogP contribution >= 0.6 is 0 Å². The third-order valence-electron chi connectivity index (χ3n) is 4.66. The van der Waals surface area contributed by atoms with E-state index in [4.69, 9.17) is 4.74 Å². The van der Waals surface area contributed by atoms with Crippen LogP contribution in [-0.4, -0.2) is 36.2 Å². The lowest BCUT2D eigenvalue weighted by Gasteiger charge is -2.39. The van der Waals surface area contributed by atoms with Crippen molar-refractivity contribution in [3.8, 4) is 5.75 Å². The highest BCUT2D eigenvalue weighted by atomic mass is 16.5. The Balaban J connectivity index is 1.82. The lowest BCUT2D eigenvalue weighted by molar-refractivity contribution is -0.0279. The molecule has 0 aliphatic carbocycles. The predicted molar refractivity (Wildman–Crippen MR) is 80.1 cm³/mol. The van der Waals surface area contributed by atoms with Crippen LogP contribution in [0, 0.1) is 0 Å². The number of aryl methyl sites for hydroxylation is 1. The Kier molecular flexibility index (Phi) is 3.99. The van der Waals surface area contributed by atoms with Crippen molar-refractivity contribution in [2.45, 2.75) is 44.6 Å². The molecule has 0 aromatic heterocycles. The summed E-state index contributed by atoms with van der Waals surface area (Å²) in [7, 11) is 0. The zero-order valence-electron chi connectivity index (χ0n) is 12.4. The summed E-state index contributed by atoms with van der Waals surface area (Å²) in [6.45, 7) is 6.09. The van der Waals surface area contributed by atoms with E-state index < -0.39 is 5.60 Å². The monoisotopic (exact) mass is 275 g/mol. The van der Waals surface area contributed by atoms with Gasteiger partial charge in [0.05, 0.1) is 12.2 Å². The summed E-state index contributed by atoms with van der Waals surface area (Å²) >= 11 is 0. The largest absolute Gasteiger partial charge is 0.493 e. The molecule has 3 nitrogen and oxygen atoms in total. The second kappa shape index (κ2) is 5.74. The molecule has 1 N–H and O–H groups in total. The van der Waals surface area contributed by atoms with Gasteiger partial charge in [-0.1, -0.05) is 25.1 Å². The van der Waals surface area contributed by atoms with Crippen molar-refractivity contribution in [2.24, 2.45) is 0 Å². The van der Waals surface area contributed by atoms with Crippen molar-refractivity contribution < 1.29 is 9.84 Å². The molecule has 0 atom stereocenters. The van der Waals surface area contributed by atoms with Crippen LogP contribution in [-0.2, 0) is 12.0 Å². The minimum Gasteiger partial charge on any atom is -0.493 e. The zero-order valence-corrected chi connectivity index (χ0v) is 12.4. The quantitative estimate of drug-likeness (QED) is 0.920. The molecule has 0 bridgehead atoms. The number of fused-ring (bicyclic) bond motifs is 1. The van der Waals surface area contributed by atoms with Crippen molar-refractivity contribution >= 4 is 0 Å². The van der Waals surface area contributed by atoms with Crippen molar-refractivity contribution in [1.82, 2.24) is 4.90 Å². The predicted octanol–water partition coefficient (Wildman–Crippen LogP) is 2.71. The summed E-state index contributed by atoms with van der Waals surface area (Å²) < 4.78 is 5.87. The van der Waals surface area contributed by atoms with Gasteiger partial charge in [0.2, 0.25) is 0 Å². The van der Waals surface area contributed by atoms with Crippen LogP contribution in [0.15, 0.2) is 18.2 Å². The van der Waals surface area contributed by atoms with Crippen molar-refractivity contribution in [1.29, 1.82) is 0 Å². The van der Waals surface area contributed by atoms with E-state index in [1.807, 2.05) is 0 Å². The van der Waals surface area contributed by atoms with Gasteiger partial charge in [-0.25, -0.2) is 0 Å². The van der Waals surface area contributed by atoms with Crippen molar-refractivity contribution in [3.05, 3.63) is 29.3 Å². The Labute approximate surface area is 121 Å². The standard InChI is InChI=1S/C17H25NO2/c1-2-10-18-11-8-17(19,9-12-18)15-7-3-5-14-6-4-13-20-16(14)15/h3,5,7,19H,2,4,6,8-13H2,1H3. The molecule has 0 spiro atoms. The van der Waals surface area contributed by atoms with Crippen LogP contribution in [0.25, 0.3) is 0 Å². The summed E-state index contributed by atoms with van der Waals surface area (Å²) in [6, 6.07) is 6.26. The Morgan fingerprint density at radius 2 is 2.10 bits per heavy atom. The highest BCUT2D eigenvalue weighted by molar-refractivity contribution is 5.46. The molecular formula is C17H25NO2. The summed E-state index contributed by atoms with van der Waals surface area (Å²) in [4.78, 5) is 2.45. The van der Waals surface area contributed by atoms with Gasteiger partial charge in [-0.3, -0.25) is 0 Å². The molecule has 0 unspecified atom stereocenters. The van der Waals surface area contributed by atoms with E-state index in [2.05, 4.69) is 30.0 Å². The molecule has 110 valence electrons. The molecular weight excluding hydrogens is 250 g/mol. The second-order valence-corrected chi connectivity index (χ2v) is 6.12. The highest BCUT2D eigenvalue weighted by Gasteiger charge is 2.37. The van der Waals surface area contributed by atoms with Gasteiger partial charge in [-0.05, 0) is 44.2 Å². The number of para-hydroxylation sites is 1. The smallest absolute Gasteiger partial charge is 0.128 e. The van der Waals surface area contributed by atoms with Crippen molar-refractivity contribution in [2.75, 3.05) is 26.2 Å². The van der Waals surface area contributed by atoms with Gasteiger partial charge in [0.1, 0.15) is 5.75 Å². The van der Waals surface area contributed by atoms with E-state index in [9.17, 15) is 5.11 Å². The van der Waals surface area contributed by atoms with Crippen molar-refractivity contribution in [3.63, 3.8) is 0 Å². The van der Waals surface area contributed by atoms with Gasteiger partial charge in [0, 0.05) is 18.7 Å². The molecule has 0 amide bonds. The van der Waals surface area contributed by atoms with Gasteiger partial charge in [-0.2, -0.15) is 0 Å². The SMILES string of the molecule is CCCN1CCC(O)(c2cccc3c2OCCC3)CC1. The number of benzene rings is 1. The molecule has 0 saturated carbocycles.